The van der Waals surface area contributed by atoms with Crippen LogP contribution in [0.4, 0.5) is 0 Å². The molecule has 0 spiro atoms. The highest BCUT2D eigenvalue weighted by atomic mass is 16.7. The molecule has 4 unspecified atom stereocenters. The summed E-state index contributed by atoms with van der Waals surface area (Å²) in [5, 5.41) is 0.892. The maximum Gasteiger partial charge on any atom is 0.260 e. The second kappa shape index (κ2) is 2.55. The molecule has 0 aromatic carbocycles. The van der Waals surface area contributed by atoms with E-state index < -0.39 is 0 Å². The van der Waals surface area contributed by atoms with Crippen molar-refractivity contribution < 1.29 is 19.2 Å². The first-order chi connectivity index (χ1) is 6.74. The third-order valence-electron chi connectivity index (χ3n) is 3.43. The number of ether oxygens (including phenoxy) is 1. The molecular formula is C9H11NO4. The molecule has 14 heavy (non-hydrogen) atoms. The second-order valence-corrected chi connectivity index (χ2v) is 4.00. The molecule has 3 fully saturated rings. The summed E-state index contributed by atoms with van der Waals surface area (Å²) < 4.78 is 5.55. The number of imide groups is 1. The Labute approximate surface area is 80.9 Å². The van der Waals surface area contributed by atoms with Gasteiger partial charge in [-0.2, -0.15) is 5.06 Å². The van der Waals surface area contributed by atoms with Crippen molar-refractivity contribution in [3.63, 3.8) is 0 Å². The van der Waals surface area contributed by atoms with Crippen molar-refractivity contribution in [2.45, 2.75) is 25.0 Å². The molecule has 2 bridgehead atoms. The minimum Gasteiger partial charge on any atom is -0.373 e. The highest BCUT2D eigenvalue weighted by Crippen LogP contribution is 2.48. The average Bonchev–Trinajstić information content (AvgIpc) is 2.80. The normalized spacial score (nSPS) is 45.1. The van der Waals surface area contributed by atoms with Crippen molar-refractivity contribution in [2.24, 2.45) is 11.8 Å². The number of amides is 2. The maximum atomic E-state index is 11.7. The van der Waals surface area contributed by atoms with Crippen LogP contribution < -0.4 is 0 Å². The van der Waals surface area contributed by atoms with Crippen LogP contribution in [-0.4, -0.2) is 36.2 Å². The van der Waals surface area contributed by atoms with Gasteiger partial charge in [0.05, 0.1) is 31.2 Å². The largest absolute Gasteiger partial charge is 0.373 e. The summed E-state index contributed by atoms with van der Waals surface area (Å²) in [4.78, 5) is 28.2. The molecule has 5 nitrogen and oxygen atoms in total. The molecule has 0 aliphatic carbocycles. The van der Waals surface area contributed by atoms with Gasteiger partial charge in [-0.05, 0) is 12.8 Å². The Morgan fingerprint density at radius 3 is 2.14 bits per heavy atom. The van der Waals surface area contributed by atoms with Crippen LogP contribution in [-0.2, 0) is 19.2 Å². The van der Waals surface area contributed by atoms with Gasteiger partial charge in [-0.15, -0.1) is 0 Å². The first-order valence-corrected chi connectivity index (χ1v) is 4.81. The molecule has 0 aromatic rings. The van der Waals surface area contributed by atoms with E-state index in [0.717, 1.165) is 17.9 Å². The number of carbonyl (C=O) groups excluding carboxylic acids is 2. The quantitative estimate of drug-likeness (QED) is 0.542. The van der Waals surface area contributed by atoms with Crippen LogP contribution in [0.2, 0.25) is 0 Å². The first-order valence-electron chi connectivity index (χ1n) is 4.81. The summed E-state index contributed by atoms with van der Waals surface area (Å²) in [6.07, 6.45) is 1.67. The smallest absolute Gasteiger partial charge is 0.260 e. The molecule has 3 rings (SSSR count). The molecular weight excluding hydrogens is 186 g/mol. The zero-order chi connectivity index (χ0) is 9.87. The molecule has 0 N–H and O–H groups in total. The van der Waals surface area contributed by atoms with E-state index in [2.05, 4.69) is 0 Å². The average molecular weight is 197 g/mol. The SMILES string of the molecule is CON1C(=O)C2C3CCC(O3)C2C1=O. The van der Waals surface area contributed by atoms with E-state index in [4.69, 9.17) is 9.57 Å². The topological polar surface area (TPSA) is 55.8 Å². The highest BCUT2D eigenvalue weighted by Gasteiger charge is 2.62. The van der Waals surface area contributed by atoms with E-state index in [1.807, 2.05) is 0 Å². The molecule has 5 heteroatoms. The predicted molar refractivity (Wildman–Crippen MR) is 43.7 cm³/mol. The van der Waals surface area contributed by atoms with E-state index in [9.17, 15) is 9.59 Å². The second-order valence-electron chi connectivity index (χ2n) is 4.00. The molecule has 3 aliphatic rings. The molecule has 0 radical (unpaired) electrons. The van der Waals surface area contributed by atoms with Gasteiger partial charge in [-0.3, -0.25) is 14.4 Å². The summed E-state index contributed by atoms with van der Waals surface area (Å²) in [7, 11) is 1.35. The molecule has 0 saturated carbocycles. The lowest BCUT2D eigenvalue weighted by molar-refractivity contribution is -0.184. The third-order valence-corrected chi connectivity index (χ3v) is 3.43. The molecule has 2 amide bonds. The number of carbonyl (C=O) groups is 2. The van der Waals surface area contributed by atoms with E-state index >= 15 is 0 Å². The Hall–Kier alpha value is -0.940. The zero-order valence-electron chi connectivity index (χ0n) is 7.80. The molecule has 76 valence electrons. The van der Waals surface area contributed by atoms with Crippen LogP contribution in [0, 0.1) is 11.8 Å². The van der Waals surface area contributed by atoms with Crippen LogP contribution in [0.25, 0.3) is 0 Å². The van der Waals surface area contributed by atoms with Gasteiger partial charge in [-0.25, -0.2) is 0 Å². The fourth-order valence-corrected chi connectivity index (χ4v) is 2.86. The molecule has 0 aromatic heterocycles. The summed E-state index contributed by atoms with van der Waals surface area (Å²) in [5.74, 6) is -1.01. The van der Waals surface area contributed by atoms with Crippen molar-refractivity contribution in [1.29, 1.82) is 0 Å². The Kier molecular flexibility index (Phi) is 1.52. The van der Waals surface area contributed by atoms with Crippen LogP contribution in [0.5, 0.6) is 0 Å². The molecule has 4 atom stereocenters. The lowest BCUT2D eigenvalue weighted by atomic mass is 9.81. The first kappa shape index (κ1) is 8.38. The third kappa shape index (κ3) is 0.773. The van der Waals surface area contributed by atoms with Crippen LogP contribution >= 0.6 is 0 Å². The van der Waals surface area contributed by atoms with E-state index in [-0.39, 0.29) is 35.9 Å². The van der Waals surface area contributed by atoms with E-state index in [1.165, 1.54) is 7.11 Å². The standard InChI is InChI=1S/C9H11NO4/c1-13-10-8(11)6-4-2-3-5(14-4)7(6)9(10)12/h4-7H,2-3H2,1H3. The number of fused-ring (bicyclic) bond motifs is 5. The van der Waals surface area contributed by atoms with Crippen molar-refractivity contribution in [1.82, 2.24) is 5.06 Å². The van der Waals surface area contributed by atoms with Gasteiger partial charge in [0.1, 0.15) is 0 Å². The minimum atomic E-state index is -0.277. The highest BCUT2D eigenvalue weighted by molar-refractivity contribution is 6.05. The Balaban J connectivity index is 1.98. The Bertz CT molecular complexity index is 288. The van der Waals surface area contributed by atoms with Gasteiger partial charge < -0.3 is 4.74 Å². The number of rotatable bonds is 1. The number of hydroxylamine groups is 2. The predicted octanol–water partition coefficient (Wildman–Crippen LogP) is -0.290. The van der Waals surface area contributed by atoms with Crippen LogP contribution in [0.3, 0.4) is 0 Å². The van der Waals surface area contributed by atoms with Crippen molar-refractivity contribution >= 4 is 11.8 Å². The summed E-state index contributed by atoms with van der Waals surface area (Å²) in [6.45, 7) is 0. The van der Waals surface area contributed by atoms with Gasteiger partial charge >= 0.3 is 0 Å². The van der Waals surface area contributed by atoms with Gasteiger partial charge in [0.2, 0.25) is 0 Å². The summed E-state index contributed by atoms with van der Waals surface area (Å²) >= 11 is 0. The monoisotopic (exact) mass is 197 g/mol. The maximum absolute atomic E-state index is 11.7. The van der Waals surface area contributed by atoms with Crippen molar-refractivity contribution in [3.8, 4) is 0 Å². The fourth-order valence-electron chi connectivity index (χ4n) is 2.86. The number of hydrogen-bond acceptors (Lipinski definition) is 4. The zero-order valence-corrected chi connectivity index (χ0v) is 7.80. The van der Waals surface area contributed by atoms with E-state index in [1.54, 1.807) is 0 Å². The summed E-state index contributed by atoms with van der Waals surface area (Å²) in [5.41, 5.74) is 0. The number of nitrogens with zero attached hydrogens (tertiary/aromatic N) is 1. The lowest BCUT2D eigenvalue weighted by Crippen LogP contribution is -2.33. The van der Waals surface area contributed by atoms with Gasteiger partial charge in [0.15, 0.2) is 0 Å². The van der Waals surface area contributed by atoms with Gasteiger partial charge in [-0.1, -0.05) is 0 Å². The molecule has 3 heterocycles. The van der Waals surface area contributed by atoms with Crippen LogP contribution in [0.15, 0.2) is 0 Å². The Morgan fingerprint density at radius 1 is 1.21 bits per heavy atom. The van der Waals surface area contributed by atoms with Crippen molar-refractivity contribution in [2.75, 3.05) is 7.11 Å². The summed E-state index contributed by atoms with van der Waals surface area (Å²) in [6, 6.07) is 0. The fraction of sp³-hybridized carbons (Fsp3) is 0.778. The van der Waals surface area contributed by atoms with Gasteiger partial charge in [0.25, 0.3) is 11.8 Å². The lowest BCUT2D eigenvalue weighted by Gasteiger charge is -2.14. The van der Waals surface area contributed by atoms with Gasteiger partial charge in [0, 0.05) is 0 Å². The van der Waals surface area contributed by atoms with Crippen molar-refractivity contribution in [3.05, 3.63) is 0 Å². The van der Waals surface area contributed by atoms with E-state index in [0.29, 0.717) is 0 Å². The minimum absolute atomic E-state index is 0.0541. The Morgan fingerprint density at radius 2 is 1.71 bits per heavy atom. The molecule has 3 saturated heterocycles. The molecule has 3 aliphatic heterocycles. The van der Waals surface area contributed by atoms with Crippen LogP contribution in [0.1, 0.15) is 12.8 Å². The number of hydrogen-bond donors (Lipinski definition) is 0.